The molecule has 0 bridgehead atoms. The van der Waals surface area contributed by atoms with Crippen LogP contribution in [-0.2, 0) is 4.79 Å². The van der Waals surface area contributed by atoms with Crippen molar-refractivity contribution in [2.24, 2.45) is 0 Å². The number of carbonyl (C=O) groups excluding carboxylic acids is 1. The van der Waals surface area contributed by atoms with Crippen molar-refractivity contribution in [1.29, 1.82) is 0 Å². The molecule has 24 heavy (non-hydrogen) atoms. The smallest absolute Gasteiger partial charge is 0.223 e. The van der Waals surface area contributed by atoms with Crippen molar-refractivity contribution in [3.8, 4) is 11.5 Å². The third-order valence-electron chi connectivity index (χ3n) is 4.86. The van der Waals surface area contributed by atoms with Crippen LogP contribution in [0.1, 0.15) is 69.9 Å². The average molecular weight is 333 g/mol. The minimum absolute atomic E-state index is 0.174. The van der Waals surface area contributed by atoms with E-state index in [1.165, 1.54) is 19.3 Å². The third kappa shape index (κ3) is 4.65. The maximum absolute atomic E-state index is 12.6. The van der Waals surface area contributed by atoms with E-state index in [1.807, 2.05) is 12.1 Å². The highest BCUT2D eigenvalue weighted by molar-refractivity contribution is 5.77. The average Bonchev–Trinajstić information content (AvgIpc) is 3.10. The number of nitrogens with zero attached hydrogens (tertiary/aromatic N) is 1. The highest BCUT2D eigenvalue weighted by Crippen LogP contribution is 2.37. The van der Waals surface area contributed by atoms with Crippen LogP contribution in [0.2, 0.25) is 0 Å². The van der Waals surface area contributed by atoms with Gasteiger partial charge in [0, 0.05) is 13.0 Å². The van der Waals surface area contributed by atoms with Crippen molar-refractivity contribution in [3.05, 3.63) is 23.8 Å². The monoisotopic (exact) mass is 333 g/mol. The van der Waals surface area contributed by atoms with Gasteiger partial charge in [-0.1, -0.05) is 38.7 Å². The molecular formula is C20H31NO3. The predicted octanol–water partition coefficient (Wildman–Crippen LogP) is 4.73. The largest absolute Gasteiger partial charge is 0.493 e. The van der Waals surface area contributed by atoms with Gasteiger partial charge in [0.15, 0.2) is 11.5 Å². The Kier molecular flexibility index (Phi) is 7.41. The van der Waals surface area contributed by atoms with Crippen molar-refractivity contribution in [2.75, 3.05) is 20.8 Å². The van der Waals surface area contributed by atoms with Crippen molar-refractivity contribution < 1.29 is 14.3 Å². The van der Waals surface area contributed by atoms with Crippen LogP contribution < -0.4 is 9.47 Å². The van der Waals surface area contributed by atoms with E-state index in [2.05, 4.69) is 17.9 Å². The summed E-state index contributed by atoms with van der Waals surface area (Å²) in [6.45, 7) is 3.08. The molecule has 4 nitrogen and oxygen atoms in total. The third-order valence-corrected chi connectivity index (χ3v) is 4.86. The van der Waals surface area contributed by atoms with E-state index < -0.39 is 0 Å². The molecule has 2 rings (SSSR count). The molecule has 4 heteroatoms. The van der Waals surface area contributed by atoms with Gasteiger partial charge in [-0.3, -0.25) is 4.79 Å². The van der Waals surface area contributed by atoms with Gasteiger partial charge in [0.1, 0.15) is 0 Å². The fourth-order valence-electron chi connectivity index (χ4n) is 3.50. The van der Waals surface area contributed by atoms with E-state index in [4.69, 9.17) is 9.47 Å². The summed E-state index contributed by atoms with van der Waals surface area (Å²) in [5, 5.41) is 0. The van der Waals surface area contributed by atoms with E-state index >= 15 is 0 Å². The Balaban J connectivity index is 1.98. The lowest BCUT2D eigenvalue weighted by atomic mass is 10.0. The van der Waals surface area contributed by atoms with Crippen LogP contribution in [-0.4, -0.2) is 31.6 Å². The number of ether oxygens (including phenoxy) is 2. The first-order chi connectivity index (χ1) is 11.7. The molecule has 1 unspecified atom stereocenters. The molecule has 1 heterocycles. The maximum atomic E-state index is 12.6. The molecular weight excluding hydrogens is 302 g/mol. The molecule has 0 aliphatic carbocycles. The zero-order valence-corrected chi connectivity index (χ0v) is 15.3. The molecule has 1 saturated heterocycles. The molecule has 0 N–H and O–H groups in total. The van der Waals surface area contributed by atoms with Gasteiger partial charge < -0.3 is 14.4 Å². The molecule has 1 aromatic carbocycles. The van der Waals surface area contributed by atoms with Gasteiger partial charge in [0.2, 0.25) is 5.91 Å². The molecule has 1 aromatic rings. The molecule has 1 atom stereocenters. The second-order valence-corrected chi connectivity index (χ2v) is 6.52. The van der Waals surface area contributed by atoms with E-state index in [1.54, 1.807) is 14.2 Å². The van der Waals surface area contributed by atoms with Gasteiger partial charge in [0.05, 0.1) is 20.3 Å². The summed E-state index contributed by atoms with van der Waals surface area (Å²) in [6, 6.07) is 6.17. The Morgan fingerprint density at radius 2 is 1.88 bits per heavy atom. The molecule has 0 aromatic heterocycles. The van der Waals surface area contributed by atoms with E-state index in [0.717, 1.165) is 49.3 Å². The van der Waals surface area contributed by atoms with Crippen LogP contribution in [0, 0.1) is 0 Å². The second kappa shape index (κ2) is 9.55. The van der Waals surface area contributed by atoms with E-state index in [0.29, 0.717) is 12.3 Å². The van der Waals surface area contributed by atoms with Crippen LogP contribution in [0.4, 0.5) is 0 Å². The Morgan fingerprint density at radius 3 is 2.58 bits per heavy atom. The standard InChI is InChI=1S/C20H31NO3/c1-4-5-6-7-8-11-20(22)21-14-9-10-17(21)16-12-13-18(23-2)19(15-16)24-3/h12-13,15,17H,4-11,14H2,1-3H3. The lowest BCUT2D eigenvalue weighted by molar-refractivity contribution is -0.132. The van der Waals surface area contributed by atoms with Gasteiger partial charge in [-0.15, -0.1) is 0 Å². The first-order valence-corrected chi connectivity index (χ1v) is 9.22. The molecule has 1 aliphatic rings. The van der Waals surface area contributed by atoms with Crippen molar-refractivity contribution >= 4 is 5.91 Å². The lowest BCUT2D eigenvalue weighted by Gasteiger charge is -2.26. The number of benzene rings is 1. The number of likely N-dealkylation sites (tertiary alicyclic amines) is 1. The molecule has 0 saturated carbocycles. The quantitative estimate of drug-likeness (QED) is 0.613. The summed E-state index contributed by atoms with van der Waals surface area (Å²) in [5.41, 5.74) is 1.14. The van der Waals surface area contributed by atoms with Gasteiger partial charge in [-0.25, -0.2) is 0 Å². The molecule has 1 aliphatic heterocycles. The Morgan fingerprint density at radius 1 is 1.12 bits per heavy atom. The second-order valence-electron chi connectivity index (χ2n) is 6.52. The number of hydrogen-bond donors (Lipinski definition) is 0. The summed E-state index contributed by atoms with van der Waals surface area (Å²) in [6.07, 6.45) is 8.68. The highest BCUT2D eigenvalue weighted by Gasteiger charge is 2.30. The van der Waals surface area contributed by atoms with Crippen molar-refractivity contribution in [1.82, 2.24) is 4.90 Å². The van der Waals surface area contributed by atoms with Gasteiger partial charge in [-0.05, 0) is 37.0 Å². The summed E-state index contributed by atoms with van der Waals surface area (Å²) < 4.78 is 10.7. The van der Waals surface area contributed by atoms with Gasteiger partial charge in [-0.2, -0.15) is 0 Å². The Bertz CT molecular complexity index is 530. The lowest BCUT2D eigenvalue weighted by Crippen LogP contribution is -2.30. The summed E-state index contributed by atoms with van der Waals surface area (Å²) >= 11 is 0. The number of carbonyl (C=O) groups is 1. The Hall–Kier alpha value is -1.71. The van der Waals surface area contributed by atoms with Gasteiger partial charge in [0.25, 0.3) is 0 Å². The summed E-state index contributed by atoms with van der Waals surface area (Å²) in [4.78, 5) is 14.7. The first kappa shape index (κ1) is 18.6. The zero-order chi connectivity index (χ0) is 17.4. The van der Waals surface area contributed by atoms with Crippen LogP contribution in [0.5, 0.6) is 11.5 Å². The van der Waals surface area contributed by atoms with Crippen molar-refractivity contribution in [3.63, 3.8) is 0 Å². The molecule has 1 fully saturated rings. The number of unbranched alkanes of at least 4 members (excludes halogenated alkanes) is 4. The first-order valence-electron chi connectivity index (χ1n) is 9.22. The molecule has 1 amide bonds. The summed E-state index contributed by atoms with van der Waals surface area (Å²) in [5.74, 6) is 1.76. The Labute approximate surface area is 146 Å². The number of amides is 1. The van der Waals surface area contributed by atoms with Crippen LogP contribution in [0.15, 0.2) is 18.2 Å². The maximum Gasteiger partial charge on any atom is 0.223 e. The minimum Gasteiger partial charge on any atom is -0.493 e. The highest BCUT2D eigenvalue weighted by atomic mass is 16.5. The van der Waals surface area contributed by atoms with Crippen LogP contribution in [0.25, 0.3) is 0 Å². The predicted molar refractivity (Wildman–Crippen MR) is 96.6 cm³/mol. The number of methoxy groups -OCH3 is 2. The van der Waals surface area contributed by atoms with E-state index in [-0.39, 0.29) is 6.04 Å². The molecule has 0 spiro atoms. The number of hydrogen-bond acceptors (Lipinski definition) is 3. The molecule has 134 valence electrons. The normalized spacial score (nSPS) is 17.1. The van der Waals surface area contributed by atoms with Crippen LogP contribution in [0.3, 0.4) is 0 Å². The minimum atomic E-state index is 0.174. The fraction of sp³-hybridized carbons (Fsp3) is 0.650. The van der Waals surface area contributed by atoms with E-state index in [9.17, 15) is 4.79 Å². The van der Waals surface area contributed by atoms with Crippen molar-refractivity contribution in [2.45, 2.75) is 64.3 Å². The zero-order valence-electron chi connectivity index (χ0n) is 15.3. The molecule has 0 radical (unpaired) electrons. The van der Waals surface area contributed by atoms with Crippen LogP contribution >= 0.6 is 0 Å². The number of rotatable bonds is 9. The SMILES string of the molecule is CCCCCCCC(=O)N1CCCC1c1ccc(OC)c(OC)c1. The topological polar surface area (TPSA) is 38.8 Å². The van der Waals surface area contributed by atoms with Gasteiger partial charge >= 0.3 is 0 Å². The fourth-order valence-corrected chi connectivity index (χ4v) is 3.50. The summed E-state index contributed by atoms with van der Waals surface area (Å²) in [7, 11) is 3.29.